The van der Waals surface area contributed by atoms with Crippen LogP contribution in [0.15, 0.2) is 46.4 Å². The Morgan fingerprint density at radius 1 is 0.825 bits per heavy atom. The van der Waals surface area contributed by atoms with Gasteiger partial charge in [0, 0.05) is 35.5 Å². The Kier molecular flexibility index (Phi) is 17.5. The first-order chi connectivity index (χ1) is 18.4. The Labute approximate surface area is 248 Å². The van der Waals surface area contributed by atoms with Crippen LogP contribution >= 0.6 is 0 Å². The molecule has 2 aromatic rings. The molecule has 2 N–H and O–H groups in total. The molecule has 0 aliphatic heterocycles. The summed E-state index contributed by atoms with van der Waals surface area (Å²) in [6, 6.07) is 11.8. The number of aliphatic imine (C=N–C) groups is 2. The van der Waals surface area contributed by atoms with Gasteiger partial charge in [-0.15, -0.1) is 0 Å². The van der Waals surface area contributed by atoms with E-state index < -0.39 is 11.9 Å². The zero-order valence-corrected chi connectivity index (χ0v) is 25.3. The van der Waals surface area contributed by atoms with E-state index in [1.165, 1.54) is 11.1 Å². The predicted molar refractivity (Wildman–Crippen MR) is 152 cm³/mol. The van der Waals surface area contributed by atoms with Gasteiger partial charge in [0.05, 0.1) is 12.1 Å². The number of aliphatic carboxylic acids is 2. The Morgan fingerprint density at radius 3 is 1.45 bits per heavy atom. The van der Waals surface area contributed by atoms with Crippen LogP contribution in [0.25, 0.3) is 0 Å². The second-order valence-electron chi connectivity index (χ2n) is 9.86. The maximum atomic E-state index is 10.3. The van der Waals surface area contributed by atoms with E-state index in [-0.39, 0.29) is 40.4 Å². The van der Waals surface area contributed by atoms with Gasteiger partial charge in [-0.25, -0.2) is 0 Å². The van der Waals surface area contributed by atoms with Gasteiger partial charge in [0.2, 0.25) is 0 Å². The summed E-state index contributed by atoms with van der Waals surface area (Å²) in [6.07, 6.45) is 8.80. The van der Waals surface area contributed by atoms with Crippen molar-refractivity contribution in [2.24, 2.45) is 9.98 Å². The number of carbonyl (C=O) groups is 2. The van der Waals surface area contributed by atoms with Gasteiger partial charge < -0.3 is 30.0 Å². The number of hydrogen-bond donors (Lipinski definition) is 2. The Bertz CT molecular complexity index is 1040. The average Bonchev–Trinajstić information content (AvgIpc) is 3.33. The van der Waals surface area contributed by atoms with Gasteiger partial charge in [-0.1, -0.05) is 39.8 Å². The van der Waals surface area contributed by atoms with Crippen LogP contribution in [0.3, 0.4) is 0 Å². The number of aromatic hydroxyl groups is 2. The minimum atomic E-state index is -1.08. The van der Waals surface area contributed by atoms with Crippen molar-refractivity contribution in [3.05, 3.63) is 58.7 Å². The van der Waals surface area contributed by atoms with E-state index in [4.69, 9.17) is 29.8 Å². The van der Waals surface area contributed by atoms with E-state index in [0.29, 0.717) is 11.8 Å². The number of hydrogen-bond acceptors (Lipinski definition) is 8. The fraction of sp³-hybridized carbons (Fsp3) is 0.484. The van der Waals surface area contributed by atoms with Crippen molar-refractivity contribution < 1.29 is 46.8 Å². The quantitative estimate of drug-likeness (QED) is 0.439. The second-order valence-corrected chi connectivity index (χ2v) is 9.86. The van der Waals surface area contributed by atoms with Crippen molar-refractivity contribution in [2.45, 2.75) is 97.6 Å². The first-order valence-corrected chi connectivity index (χ1v) is 13.5. The number of phenolic OH excluding ortho intramolecular Hbond substituents is 2. The molecule has 1 radical (unpaired) electrons. The Hall–Kier alpha value is -3.17. The maximum absolute atomic E-state index is 10.3. The van der Waals surface area contributed by atoms with E-state index in [0.717, 1.165) is 57.1 Å². The van der Waals surface area contributed by atoms with E-state index >= 15 is 0 Å². The molecule has 1 aliphatic carbocycles. The minimum Gasteiger partial charge on any atom is -0.550 e. The SMILES string of the molecule is CC(=O)[O-].CC(=O)[O-].CCC(C)c1ccc(O)c(C=NC2CCCC2N=Cc2cc(C(C)CC)ccc2O)c1.[Co+2]. The van der Waals surface area contributed by atoms with Gasteiger partial charge in [-0.2, -0.15) is 0 Å². The molecule has 3 rings (SSSR count). The number of nitrogens with zero attached hydrogens (tertiary/aromatic N) is 2. The summed E-state index contributed by atoms with van der Waals surface area (Å²) in [5.41, 5.74) is 3.98. The summed E-state index contributed by atoms with van der Waals surface area (Å²) in [5.74, 6) is -0.729. The largest absolute Gasteiger partial charge is 2.00 e. The van der Waals surface area contributed by atoms with Crippen LogP contribution in [0.4, 0.5) is 0 Å². The fourth-order valence-electron chi connectivity index (χ4n) is 4.06. The summed E-state index contributed by atoms with van der Waals surface area (Å²) < 4.78 is 0. The maximum Gasteiger partial charge on any atom is 2.00 e. The van der Waals surface area contributed by atoms with Crippen LogP contribution in [0, 0.1) is 0 Å². The summed E-state index contributed by atoms with van der Waals surface area (Å²) >= 11 is 0. The first kappa shape index (κ1) is 36.8. The van der Waals surface area contributed by atoms with Crippen LogP contribution in [0.1, 0.15) is 108 Å². The molecule has 40 heavy (non-hydrogen) atoms. The Balaban J connectivity index is 0.00000149. The van der Waals surface area contributed by atoms with Crippen LogP contribution in [0.2, 0.25) is 0 Å². The molecule has 0 spiro atoms. The molecule has 1 aliphatic rings. The number of rotatable bonds is 8. The van der Waals surface area contributed by atoms with Crippen molar-refractivity contribution in [2.75, 3.05) is 0 Å². The van der Waals surface area contributed by atoms with Crippen molar-refractivity contribution in [1.29, 1.82) is 0 Å². The average molecular weight is 598 g/mol. The number of phenols is 2. The molecular formula is C31H42CoN2O6. The summed E-state index contributed by atoms with van der Waals surface area (Å²) in [4.78, 5) is 27.4. The molecule has 0 amide bonds. The zero-order valence-electron chi connectivity index (χ0n) is 24.2. The van der Waals surface area contributed by atoms with Crippen LogP contribution < -0.4 is 10.2 Å². The van der Waals surface area contributed by atoms with Crippen LogP contribution in [-0.2, 0) is 26.4 Å². The predicted octanol–water partition coefficient (Wildman–Crippen LogP) is 4.09. The van der Waals surface area contributed by atoms with Gasteiger partial charge >= 0.3 is 16.8 Å². The molecule has 1 saturated carbocycles. The van der Waals surface area contributed by atoms with Crippen molar-refractivity contribution in [3.63, 3.8) is 0 Å². The molecular weight excluding hydrogens is 555 g/mol. The molecule has 0 heterocycles. The molecule has 4 unspecified atom stereocenters. The second kappa shape index (κ2) is 19.0. The zero-order chi connectivity index (χ0) is 29.5. The number of carboxylic acids is 2. The molecule has 2 aromatic carbocycles. The van der Waals surface area contributed by atoms with Gasteiger partial charge in [-0.05, 0) is 93.2 Å². The first-order valence-electron chi connectivity index (χ1n) is 13.5. The number of carbonyl (C=O) groups excluding carboxylic acids is 2. The van der Waals surface area contributed by atoms with Gasteiger partial charge in [0.1, 0.15) is 11.5 Å². The Morgan fingerprint density at radius 2 is 1.15 bits per heavy atom. The van der Waals surface area contributed by atoms with E-state index in [1.54, 1.807) is 24.6 Å². The summed E-state index contributed by atoms with van der Waals surface area (Å²) in [6.45, 7) is 10.7. The van der Waals surface area contributed by atoms with E-state index in [9.17, 15) is 10.2 Å². The monoisotopic (exact) mass is 597 g/mol. The van der Waals surface area contributed by atoms with Crippen LogP contribution in [-0.4, -0.2) is 46.7 Å². The molecule has 221 valence electrons. The smallest absolute Gasteiger partial charge is 0.550 e. The fourth-order valence-corrected chi connectivity index (χ4v) is 4.06. The topological polar surface area (TPSA) is 145 Å². The summed E-state index contributed by atoms with van der Waals surface area (Å²) in [7, 11) is 0. The molecule has 0 saturated heterocycles. The number of benzene rings is 2. The molecule has 0 bridgehead atoms. The van der Waals surface area contributed by atoms with Crippen molar-refractivity contribution >= 4 is 24.4 Å². The van der Waals surface area contributed by atoms with Crippen LogP contribution in [0.5, 0.6) is 11.5 Å². The minimum absolute atomic E-state index is 0. The van der Waals surface area contributed by atoms with Gasteiger partial charge in [0.15, 0.2) is 0 Å². The van der Waals surface area contributed by atoms with E-state index in [1.807, 2.05) is 24.3 Å². The van der Waals surface area contributed by atoms with Gasteiger partial charge in [0.25, 0.3) is 0 Å². The molecule has 8 nitrogen and oxygen atoms in total. The standard InChI is InChI=1S/C27H36N2O2.2C2H4O2.Co/c1-5-18(3)20-10-12-26(30)22(14-20)16-28-24-8-7-9-25(24)29-17-23-15-21(19(4)6-2)11-13-27(23)31;2*1-2(3)4;/h10-19,24-25,30-31H,5-9H2,1-4H3;2*1H3,(H,3,4);/q;;;+2/p-2. The third kappa shape index (κ3) is 13.3. The summed E-state index contributed by atoms with van der Waals surface area (Å²) in [5, 5.41) is 38.3. The van der Waals surface area contributed by atoms with Crippen molar-refractivity contribution in [1.82, 2.24) is 0 Å². The normalized spacial score (nSPS) is 17.6. The molecule has 9 heteroatoms. The third-order valence-electron chi connectivity index (χ3n) is 6.72. The molecule has 0 aromatic heterocycles. The van der Waals surface area contributed by atoms with Crippen molar-refractivity contribution in [3.8, 4) is 11.5 Å². The third-order valence-corrected chi connectivity index (χ3v) is 6.72. The molecule has 4 atom stereocenters. The van der Waals surface area contributed by atoms with E-state index in [2.05, 4.69) is 27.7 Å². The molecule has 1 fully saturated rings. The van der Waals surface area contributed by atoms with Gasteiger partial charge in [-0.3, -0.25) is 9.98 Å². The number of carboxylic acid groups (broad SMARTS) is 2.